The molecule has 1 aliphatic heterocycles. The number of amides is 3. The molecule has 1 aliphatic carbocycles. The summed E-state index contributed by atoms with van der Waals surface area (Å²) in [6, 6.07) is 8.31. The fourth-order valence-corrected chi connectivity index (χ4v) is 3.93. The second-order valence-corrected chi connectivity index (χ2v) is 7.77. The smallest absolute Gasteiger partial charge is 0.317 e. The van der Waals surface area contributed by atoms with Gasteiger partial charge in [0.25, 0.3) is 0 Å². The molecule has 0 bridgehead atoms. The average Bonchev–Trinajstić information content (AvgIpc) is 2.75. The van der Waals surface area contributed by atoms with Crippen molar-refractivity contribution in [1.29, 1.82) is 0 Å². The molecule has 3 N–H and O–H groups in total. The zero-order valence-electron chi connectivity index (χ0n) is 17.2. The van der Waals surface area contributed by atoms with E-state index in [2.05, 4.69) is 27.4 Å². The molecule has 0 unspecified atom stereocenters. The molecule has 0 radical (unpaired) electrons. The lowest BCUT2D eigenvalue weighted by molar-refractivity contribution is -0.115. The molecule has 2 aliphatic rings. The molecule has 0 atom stereocenters. The van der Waals surface area contributed by atoms with Gasteiger partial charge >= 0.3 is 6.03 Å². The number of hydrogen-bond donors (Lipinski definition) is 3. The predicted molar refractivity (Wildman–Crippen MR) is 117 cm³/mol. The van der Waals surface area contributed by atoms with Crippen molar-refractivity contribution in [3.63, 3.8) is 0 Å². The van der Waals surface area contributed by atoms with E-state index in [1.807, 2.05) is 29.2 Å². The Bertz CT molecular complexity index is 677. The van der Waals surface area contributed by atoms with E-state index >= 15 is 0 Å². The third-order valence-electron chi connectivity index (χ3n) is 5.59. The van der Waals surface area contributed by atoms with Gasteiger partial charge in [0.1, 0.15) is 0 Å². The second-order valence-electron chi connectivity index (χ2n) is 7.77. The van der Waals surface area contributed by atoms with Crippen LogP contribution in [-0.2, 0) is 4.79 Å². The molecule has 7 nitrogen and oxygen atoms in total. The van der Waals surface area contributed by atoms with Gasteiger partial charge in [-0.25, -0.2) is 4.79 Å². The molecule has 1 saturated heterocycles. The van der Waals surface area contributed by atoms with E-state index in [4.69, 9.17) is 0 Å². The van der Waals surface area contributed by atoms with E-state index in [0.717, 1.165) is 50.4 Å². The summed E-state index contributed by atoms with van der Waals surface area (Å²) in [5.74, 6) is -0.0720. The van der Waals surface area contributed by atoms with Crippen molar-refractivity contribution in [3.05, 3.63) is 36.9 Å². The molecule has 1 aromatic rings. The summed E-state index contributed by atoms with van der Waals surface area (Å²) < 4.78 is 0. The molecule has 158 valence electrons. The van der Waals surface area contributed by atoms with Gasteiger partial charge in [-0.3, -0.25) is 4.79 Å². The van der Waals surface area contributed by atoms with Crippen LogP contribution >= 0.6 is 0 Å². The van der Waals surface area contributed by atoms with E-state index in [9.17, 15) is 9.59 Å². The standard InChI is InChI=1S/C22H33N5O2/c1-2-12-23-17-21(28)24-19-8-10-20(11-9-19)26-13-15-27(16-14-26)22(29)25-18-6-4-3-5-7-18/h2,8-11,18,23H,1,3-7,12-17H2,(H,24,28)(H,25,29). The summed E-state index contributed by atoms with van der Waals surface area (Å²) in [4.78, 5) is 28.6. The maximum Gasteiger partial charge on any atom is 0.317 e. The fraction of sp³-hybridized carbons (Fsp3) is 0.545. The van der Waals surface area contributed by atoms with Crippen LogP contribution in [0, 0.1) is 0 Å². The van der Waals surface area contributed by atoms with Gasteiger partial charge < -0.3 is 25.8 Å². The molecule has 3 amide bonds. The lowest BCUT2D eigenvalue weighted by Gasteiger charge is -2.37. The van der Waals surface area contributed by atoms with Crippen molar-refractivity contribution in [2.75, 3.05) is 49.5 Å². The molecule has 1 aromatic carbocycles. The van der Waals surface area contributed by atoms with E-state index in [-0.39, 0.29) is 18.5 Å². The second kappa shape index (κ2) is 10.9. The highest BCUT2D eigenvalue weighted by molar-refractivity contribution is 5.92. The van der Waals surface area contributed by atoms with Crippen LogP contribution in [0.15, 0.2) is 36.9 Å². The number of rotatable bonds is 7. The number of urea groups is 1. The monoisotopic (exact) mass is 399 g/mol. The lowest BCUT2D eigenvalue weighted by atomic mass is 9.96. The molecule has 7 heteroatoms. The van der Waals surface area contributed by atoms with E-state index in [0.29, 0.717) is 12.6 Å². The topological polar surface area (TPSA) is 76.7 Å². The van der Waals surface area contributed by atoms with Crippen LogP contribution in [0.3, 0.4) is 0 Å². The molecule has 1 saturated carbocycles. The van der Waals surface area contributed by atoms with Gasteiger partial charge in [-0.2, -0.15) is 0 Å². The maximum absolute atomic E-state index is 12.5. The van der Waals surface area contributed by atoms with Crippen molar-refractivity contribution < 1.29 is 9.59 Å². The number of hydrogen-bond acceptors (Lipinski definition) is 4. The van der Waals surface area contributed by atoms with Crippen LogP contribution < -0.4 is 20.9 Å². The Morgan fingerprint density at radius 2 is 1.72 bits per heavy atom. The third kappa shape index (κ3) is 6.49. The molecular formula is C22H33N5O2. The highest BCUT2D eigenvalue weighted by atomic mass is 16.2. The summed E-state index contributed by atoms with van der Waals surface area (Å²) in [6.07, 6.45) is 7.68. The minimum absolute atomic E-state index is 0.0720. The number of nitrogens with zero attached hydrogens (tertiary/aromatic N) is 2. The molecule has 2 fully saturated rings. The Kier molecular flexibility index (Phi) is 7.93. The average molecular weight is 400 g/mol. The third-order valence-corrected chi connectivity index (χ3v) is 5.59. The SMILES string of the molecule is C=CCNCC(=O)Nc1ccc(N2CCN(C(=O)NC3CCCCC3)CC2)cc1. The molecular weight excluding hydrogens is 366 g/mol. The van der Waals surface area contributed by atoms with Crippen molar-refractivity contribution in [1.82, 2.24) is 15.5 Å². The normalized spacial score (nSPS) is 17.7. The Hall–Kier alpha value is -2.54. The van der Waals surface area contributed by atoms with Gasteiger partial charge in [0, 0.05) is 50.1 Å². The van der Waals surface area contributed by atoms with Gasteiger partial charge in [-0.05, 0) is 37.1 Å². The minimum Gasteiger partial charge on any atom is -0.368 e. The van der Waals surface area contributed by atoms with Crippen molar-refractivity contribution >= 4 is 23.3 Å². The highest BCUT2D eigenvalue weighted by Crippen LogP contribution is 2.20. The zero-order valence-corrected chi connectivity index (χ0v) is 17.2. The first-order chi connectivity index (χ1) is 14.2. The zero-order chi connectivity index (χ0) is 20.5. The summed E-state index contributed by atoms with van der Waals surface area (Å²) in [5.41, 5.74) is 1.89. The van der Waals surface area contributed by atoms with Crippen LogP contribution in [-0.4, -0.2) is 62.1 Å². The molecule has 0 aromatic heterocycles. The van der Waals surface area contributed by atoms with Gasteiger partial charge in [0.2, 0.25) is 5.91 Å². The number of benzene rings is 1. The summed E-state index contributed by atoms with van der Waals surface area (Å²) in [7, 11) is 0. The number of nitrogens with one attached hydrogen (secondary N) is 3. The first-order valence-corrected chi connectivity index (χ1v) is 10.7. The molecule has 1 heterocycles. The number of piperazine rings is 1. The quantitative estimate of drug-likeness (QED) is 0.487. The summed E-state index contributed by atoms with van der Waals surface area (Å²) in [6.45, 7) is 7.57. The van der Waals surface area contributed by atoms with Crippen molar-refractivity contribution in [2.45, 2.75) is 38.1 Å². The van der Waals surface area contributed by atoms with Gasteiger partial charge in [-0.15, -0.1) is 6.58 Å². The molecule has 29 heavy (non-hydrogen) atoms. The maximum atomic E-state index is 12.5. The van der Waals surface area contributed by atoms with Crippen LogP contribution in [0.2, 0.25) is 0 Å². The van der Waals surface area contributed by atoms with E-state index in [1.54, 1.807) is 6.08 Å². The predicted octanol–water partition coefficient (Wildman–Crippen LogP) is 2.57. The van der Waals surface area contributed by atoms with Crippen LogP contribution in [0.4, 0.5) is 16.2 Å². The van der Waals surface area contributed by atoms with Gasteiger partial charge in [-0.1, -0.05) is 25.3 Å². The van der Waals surface area contributed by atoms with E-state index < -0.39 is 0 Å². The number of anilines is 2. The first kappa shape index (κ1) is 21.2. The fourth-order valence-electron chi connectivity index (χ4n) is 3.93. The largest absolute Gasteiger partial charge is 0.368 e. The Morgan fingerprint density at radius 1 is 1.03 bits per heavy atom. The minimum atomic E-state index is -0.0720. The molecule has 3 rings (SSSR count). The summed E-state index contributed by atoms with van der Waals surface area (Å²) in [5, 5.41) is 9.06. The van der Waals surface area contributed by atoms with Crippen LogP contribution in [0.5, 0.6) is 0 Å². The molecule has 0 spiro atoms. The Balaban J connectivity index is 1.42. The summed E-state index contributed by atoms with van der Waals surface area (Å²) >= 11 is 0. The van der Waals surface area contributed by atoms with Crippen LogP contribution in [0.1, 0.15) is 32.1 Å². The highest BCUT2D eigenvalue weighted by Gasteiger charge is 2.24. The van der Waals surface area contributed by atoms with Gasteiger partial charge in [0.05, 0.1) is 6.54 Å². The van der Waals surface area contributed by atoms with Crippen LogP contribution in [0.25, 0.3) is 0 Å². The van der Waals surface area contributed by atoms with Crippen molar-refractivity contribution in [2.24, 2.45) is 0 Å². The number of carbonyl (C=O) groups is 2. The van der Waals surface area contributed by atoms with Crippen molar-refractivity contribution in [3.8, 4) is 0 Å². The lowest BCUT2D eigenvalue weighted by Crippen LogP contribution is -2.53. The van der Waals surface area contributed by atoms with E-state index in [1.165, 1.54) is 19.3 Å². The number of carbonyl (C=O) groups excluding carboxylic acids is 2. The Morgan fingerprint density at radius 3 is 2.38 bits per heavy atom. The first-order valence-electron chi connectivity index (χ1n) is 10.7. The van der Waals surface area contributed by atoms with Gasteiger partial charge in [0.15, 0.2) is 0 Å². The Labute approximate surface area is 173 Å².